The first-order valence-corrected chi connectivity index (χ1v) is 6.22. The summed E-state index contributed by atoms with van der Waals surface area (Å²) >= 11 is 0. The molecule has 2 heterocycles. The van der Waals surface area contributed by atoms with Crippen LogP contribution in [0.1, 0.15) is 31.0 Å². The molecule has 1 aromatic rings. The molecule has 0 radical (unpaired) electrons. The maximum Gasteiger partial charge on any atom is 0.287 e. The van der Waals surface area contributed by atoms with Crippen LogP contribution in [0.3, 0.4) is 0 Å². The van der Waals surface area contributed by atoms with E-state index in [0.717, 1.165) is 19.5 Å². The zero-order chi connectivity index (χ0) is 13.1. The Morgan fingerprint density at radius 2 is 2.39 bits per heavy atom. The van der Waals surface area contributed by atoms with Crippen LogP contribution in [0.25, 0.3) is 0 Å². The van der Waals surface area contributed by atoms with Crippen molar-refractivity contribution in [2.24, 2.45) is 0 Å². The summed E-state index contributed by atoms with van der Waals surface area (Å²) in [4.78, 5) is 20.2. The standard InChI is InChI=1S/C12H18FN3O2/c1-3-4-16-5-6-18-9(7-16)11-14-8(2)10(13)12(17)15-11/h9H,3-7H2,1-2H3,(H,14,15,17). The van der Waals surface area contributed by atoms with Gasteiger partial charge in [0, 0.05) is 13.1 Å². The zero-order valence-electron chi connectivity index (χ0n) is 10.7. The summed E-state index contributed by atoms with van der Waals surface area (Å²) in [6, 6.07) is 0. The van der Waals surface area contributed by atoms with Crippen LogP contribution in [0, 0.1) is 12.7 Å². The van der Waals surface area contributed by atoms with Crippen LogP contribution in [0.4, 0.5) is 4.39 Å². The fourth-order valence-electron chi connectivity index (χ4n) is 2.13. The number of aryl methyl sites for hydroxylation is 1. The molecule has 1 fully saturated rings. The molecule has 0 saturated carbocycles. The molecular weight excluding hydrogens is 237 g/mol. The number of nitrogens with one attached hydrogen (secondary N) is 1. The molecule has 6 heteroatoms. The summed E-state index contributed by atoms with van der Waals surface area (Å²) in [7, 11) is 0. The quantitative estimate of drug-likeness (QED) is 0.875. The van der Waals surface area contributed by atoms with Crippen molar-refractivity contribution in [2.45, 2.75) is 26.4 Å². The maximum absolute atomic E-state index is 13.2. The first-order valence-electron chi connectivity index (χ1n) is 6.22. The van der Waals surface area contributed by atoms with Crippen LogP contribution < -0.4 is 5.56 Å². The van der Waals surface area contributed by atoms with E-state index < -0.39 is 11.4 Å². The molecule has 1 aliphatic heterocycles. The Bertz CT molecular complexity index is 473. The topological polar surface area (TPSA) is 58.2 Å². The van der Waals surface area contributed by atoms with E-state index in [9.17, 15) is 9.18 Å². The van der Waals surface area contributed by atoms with Gasteiger partial charge in [-0.25, -0.2) is 4.98 Å². The third-order valence-corrected chi connectivity index (χ3v) is 3.04. The molecule has 0 aromatic carbocycles. The van der Waals surface area contributed by atoms with Gasteiger partial charge < -0.3 is 9.72 Å². The Morgan fingerprint density at radius 1 is 1.61 bits per heavy atom. The number of hydrogen-bond acceptors (Lipinski definition) is 4. The molecule has 0 aliphatic carbocycles. The molecule has 2 rings (SSSR count). The van der Waals surface area contributed by atoms with E-state index in [4.69, 9.17) is 4.74 Å². The minimum absolute atomic E-state index is 0.116. The zero-order valence-corrected chi connectivity index (χ0v) is 10.7. The molecule has 0 amide bonds. The van der Waals surface area contributed by atoms with E-state index in [0.29, 0.717) is 19.0 Å². The highest BCUT2D eigenvalue weighted by Crippen LogP contribution is 2.18. The van der Waals surface area contributed by atoms with Crippen molar-refractivity contribution >= 4 is 0 Å². The normalized spacial score (nSPS) is 21.2. The molecule has 5 nitrogen and oxygen atoms in total. The Hall–Kier alpha value is -1.27. The lowest BCUT2D eigenvalue weighted by Gasteiger charge is -2.32. The third kappa shape index (κ3) is 2.76. The summed E-state index contributed by atoms with van der Waals surface area (Å²) in [6.45, 7) is 6.76. The van der Waals surface area contributed by atoms with E-state index in [-0.39, 0.29) is 11.8 Å². The number of H-pyrrole nitrogens is 1. The molecular formula is C12H18FN3O2. The molecule has 1 saturated heterocycles. The fourth-order valence-corrected chi connectivity index (χ4v) is 2.13. The van der Waals surface area contributed by atoms with Gasteiger partial charge in [-0.2, -0.15) is 4.39 Å². The summed E-state index contributed by atoms with van der Waals surface area (Å²) in [5.41, 5.74) is -0.612. The average Bonchev–Trinajstić information content (AvgIpc) is 2.36. The van der Waals surface area contributed by atoms with Crippen molar-refractivity contribution in [3.63, 3.8) is 0 Å². The highest BCUT2D eigenvalue weighted by molar-refractivity contribution is 5.06. The van der Waals surface area contributed by atoms with E-state index in [1.165, 1.54) is 6.92 Å². The number of aromatic amines is 1. The van der Waals surface area contributed by atoms with Crippen LogP contribution in [-0.2, 0) is 4.74 Å². The van der Waals surface area contributed by atoms with E-state index in [1.54, 1.807) is 0 Å². The highest BCUT2D eigenvalue weighted by Gasteiger charge is 2.24. The van der Waals surface area contributed by atoms with Gasteiger partial charge in [0.2, 0.25) is 5.82 Å². The van der Waals surface area contributed by atoms with E-state index >= 15 is 0 Å². The van der Waals surface area contributed by atoms with Gasteiger partial charge in [-0.05, 0) is 19.9 Å². The number of hydrogen-bond donors (Lipinski definition) is 1. The maximum atomic E-state index is 13.2. The second-order valence-electron chi connectivity index (χ2n) is 4.51. The predicted molar refractivity (Wildman–Crippen MR) is 65.0 cm³/mol. The van der Waals surface area contributed by atoms with Crippen molar-refractivity contribution < 1.29 is 9.13 Å². The minimum Gasteiger partial charge on any atom is -0.368 e. The van der Waals surface area contributed by atoms with Crippen molar-refractivity contribution in [3.05, 3.63) is 27.7 Å². The number of ether oxygens (including phenoxy) is 1. The Kier molecular flexibility index (Phi) is 4.08. The lowest BCUT2D eigenvalue weighted by Crippen LogP contribution is -2.40. The monoisotopic (exact) mass is 255 g/mol. The lowest BCUT2D eigenvalue weighted by molar-refractivity contribution is -0.0344. The predicted octanol–water partition coefficient (Wildman–Crippen LogP) is 1.00. The summed E-state index contributed by atoms with van der Waals surface area (Å²) in [5.74, 6) is -0.403. The molecule has 1 atom stereocenters. The van der Waals surface area contributed by atoms with Gasteiger partial charge in [0.15, 0.2) is 0 Å². The van der Waals surface area contributed by atoms with Crippen molar-refractivity contribution in [2.75, 3.05) is 26.2 Å². The molecule has 100 valence electrons. The summed E-state index contributed by atoms with van der Waals surface area (Å²) < 4.78 is 18.8. The van der Waals surface area contributed by atoms with Gasteiger partial charge in [-0.15, -0.1) is 0 Å². The van der Waals surface area contributed by atoms with Gasteiger partial charge in [0.05, 0.1) is 12.3 Å². The molecule has 1 unspecified atom stereocenters. The van der Waals surface area contributed by atoms with Crippen molar-refractivity contribution in [1.82, 2.24) is 14.9 Å². The van der Waals surface area contributed by atoms with E-state index in [2.05, 4.69) is 21.8 Å². The molecule has 1 N–H and O–H groups in total. The number of aromatic nitrogens is 2. The van der Waals surface area contributed by atoms with Crippen molar-refractivity contribution in [3.8, 4) is 0 Å². The number of nitrogens with zero attached hydrogens (tertiary/aromatic N) is 2. The SMILES string of the molecule is CCCN1CCOC(c2nc(C)c(F)c(=O)[nH]2)C1. The van der Waals surface area contributed by atoms with Crippen molar-refractivity contribution in [1.29, 1.82) is 0 Å². The second kappa shape index (κ2) is 5.58. The van der Waals surface area contributed by atoms with Crippen LogP contribution >= 0.6 is 0 Å². The fraction of sp³-hybridized carbons (Fsp3) is 0.667. The van der Waals surface area contributed by atoms with Crippen LogP contribution in [0.2, 0.25) is 0 Å². The molecule has 0 bridgehead atoms. The number of rotatable bonds is 3. The van der Waals surface area contributed by atoms with Gasteiger partial charge >= 0.3 is 0 Å². The molecule has 18 heavy (non-hydrogen) atoms. The molecule has 0 spiro atoms. The Morgan fingerprint density at radius 3 is 3.06 bits per heavy atom. The van der Waals surface area contributed by atoms with Gasteiger partial charge in [-0.3, -0.25) is 9.69 Å². The van der Waals surface area contributed by atoms with Gasteiger partial charge in [-0.1, -0.05) is 6.92 Å². The van der Waals surface area contributed by atoms with Gasteiger partial charge in [0.1, 0.15) is 11.9 Å². The Labute approximate surface area is 105 Å². The number of halogens is 1. The van der Waals surface area contributed by atoms with Crippen LogP contribution in [0.5, 0.6) is 0 Å². The molecule has 1 aromatic heterocycles. The minimum atomic E-state index is -0.819. The van der Waals surface area contributed by atoms with Crippen LogP contribution in [0.15, 0.2) is 4.79 Å². The first kappa shape index (κ1) is 13.2. The highest BCUT2D eigenvalue weighted by atomic mass is 19.1. The third-order valence-electron chi connectivity index (χ3n) is 3.04. The van der Waals surface area contributed by atoms with E-state index in [1.807, 2.05) is 0 Å². The largest absolute Gasteiger partial charge is 0.368 e. The first-order chi connectivity index (χ1) is 8.61. The lowest BCUT2D eigenvalue weighted by atomic mass is 10.2. The number of morpholine rings is 1. The summed E-state index contributed by atoms with van der Waals surface area (Å²) in [6.07, 6.45) is 0.788. The smallest absolute Gasteiger partial charge is 0.287 e. The van der Waals surface area contributed by atoms with Crippen LogP contribution in [-0.4, -0.2) is 41.1 Å². The molecule has 1 aliphatic rings. The average molecular weight is 255 g/mol. The van der Waals surface area contributed by atoms with Gasteiger partial charge in [0.25, 0.3) is 5.56 Å². The second-order valence-corrected chi connectivity index (χ2v) is 4.51. The Balaban J connectivity index is 2.18. The summed E-state index contributed by atoms with van der Waals surface area (Å²) in [5, 5.41) is 0.